The highest BCUT2D eigenvalue weighted by Crippen LogP contribution is 2.29. The third-order valence-electron chi connectivity index (χ3n) is 2.10. The maximum Gasteiger partial charge on any atom is 0.387 e. The van der Waals surface area contributed by atoms with Crippen LogP contribution >= 0.6 is 12.4 Å². The van der Waals surface area contributed by atoms with Gasteiger partial charge in [0, 0.05) is 6.54 Å². The number of benzene rings is 1. The van der Waals surface area contributed by atoms with Crippen molar-refractivity contribution in [2.75, 3.05) is 13.2 Å². The molecule has 104 valence electrons. The van der Waals surface area contributed by atoms with Crippen molar-refractivity contribution in [3.05, 3.63) is 23.8 Å². The molecule has 18 heavy (non-hydrogen) atoms. The van der Waals surface area contributed by atoms with Gasteiger partial charge < -0.3 is 14.8 Å². The molecule has 0 bridgehead atoms. The Bertz CT molecular complexity index is 351. The summed E-state index contributed by atoms with van der Waals surface area (Å²) < 4.78 is 34.0. The second-order valence-corrected chi connectivity index (χ2v) is 3.37. The lowest BCUT2D eigenvalue weighted by molar-refractivity contribution is -0.0514. The van der Waals surface area contributed by atoms with Crippen molar-refractivity contribution in [1.82, 2.24) is 5.32 Å². The second kappa shape index (κ2) is 8.94. The Morgan fingerprint density at radius 2 is 1.94 bits per heavy atom. The highest BCUT2D eigenvalue weighted by molar-refractivity contribution is 5.85. The van der Waals surface area contributed by atoms with E-state index in [0.29, 0.717) is 18.9 Å². The molecule has 0 fully saturated rings. The molecule has 0 atom stereocenters. The number of hydrogen-bond donors (Lipinski definition) is 1. The summed E-state index contributed by atoms with van der Waals surface area (Å²) in [5.41, 5.74) is 0.969. The minimum Gasteiger partial charge on any atom is -0.490 e. The van der Waals surface area contributed by atoms with Crippen molar-refractivity contribution < 1.29 is 18.3 Å². The van der Waals surface area contributed by atoms with Gasteiger partial charge in [-0.1, -0.05) is 13.0 Å². The first kappa shape index (κ1) is 16.9. The van der Waals surface area contributed by atoms with E-state index in [0.717, 1.165) is 12.1 Å². The number of rotatable bonds is 7. The fraction of sp³-hybridized carbons (Fsp3) is 0.500. The lowest BCUT2D eigenvalue weighted by Gasteiger charge is -2.12. The monoisotopic (exact) mass is 281 g/mol. The maximum atomic E-state index is 12.2. The van der Waals surface area contributed by atoms with E-state index >= 15 is 0 Å². The van der Waals surface area contributed by atoms with Crippen molar-refractivity contribution in [2.45, 2.75) is 27.0 Å². The van der Waals surface area contributed by atoms with Crippen LogP contribution in [-0.4, -0.2) is 19.8 Å². The van der Waals surface area contributed by atoms with Gasteiger partial charge in [-0.05, 0) is 31.2 Å². The lowest BCUT2D eigenvalue weighted by Crippen LogP contribution is -2.12. The first-order valence-corrected chi connectivity index (χ1v) is 5.58. The van der Waals surface area contributed by atoms with Gasteiger partial charge in [-0.25, -0.2) is 0 Å². The van der Waals surface area contributed by atoms with Gasteiger partial charge in [0.05, 0.1) is 6.61 Å². The van der Waals surface area contributed by atoms with Crippen LogP contribution in [0.1, 0.15) is 19.4 Å². The van der Waals surface area contributed by atoms with Gasteiger partial charge >= 0.3 is 6.61 Å². The molecule has 1 N–H and O–H groups in total. The van der Waals surface area contributed by atoms with Gasteiger partial charge in [0.25, 0.3) is 0 Å². The summed E-state index contributed by atoms with van der Waals surface area (Å²) in [4.78, 5) is 0. The zero-order chi connectivity index (χ0) is 12.7. The summed E-state index contributed by atoms with van der Waals surface area (Å²) >= 11 is 0. The Morgan fingerprint density at radius 3 is 2.50 bits per heavy atom. The smallest absolute Gasteiger partial charge is 0.387 e. The fourth-order valence-corrected chi connectivity index (χ4v) is 1.39. The Labute approximate surface area is 112 Å². The average molecular weight is 282 g/mol. The van der Waals surface area contributed by atoms with E-state index in [4.69, 9.17) is 4.74 Å². The number of ether oxygens (including phenoxy) is 2. The highest BCUT2D eigenvalue weighted by atomic mass is 35.5. The molecule has 0 amide bonds. The maximum absolute atomic E-state index is 12.2. The van der Waals surface area contributed by atoms with Crippen LogP contribution in [-0.2, 0) is 6.54 Å². The molecular formula is C12H18ClF2NO2. The van der Waals surface area contributed by atoms with E-state index in [1.54, 1.807) is 19.1 Å². The van der Waals surface area contributed by atoms with Crippen LogP contribution in [0.2, 0.25) is 0 Å². The van der Waals surface area contributed by atoms with Gasteiger partial charge in [0.2, 0.25) is 0 Å². The molecule has 0 heterocycles. The van der Waals surface area contributed by atoms with Gasteiger partial charge in [-0.15, -0.1) is 12.4 Å². The van der Waals surface area contributed by atoms with E-state index in [9.17, 15) is 8.78 Å². The summed E-state index contributed by atoms with van der Waals surface area (Å²) in [7, 11) is 0. The third-order valence-corrected chi connectivity index (χ3v) is 2.10. The zero-order valence-corrected chi connectivity index (χ0v) is 11.2. The standard InChI is InChI=1S/C12H17F2NO2.ClH/c1-3-15-8-9-5-6-10(17-12(13)14)11(7-9)16-4-2;/h5-7,12,15H,3-4,8H2,1-2H3;1H. The van der Waals surface area contributed by atoms with Crippen molar-refractivity contribution in [3.63, 3.8) is 0 Å². The first-order chi connectivity index (χ1) is 8.17. The van der Waals surface area contributed by atoms with Crippen molar-refractivity contribution >= 4 is 12.4 Å². The fourth-order valence-electron chi connectivity index (χ4n) is 1.39. The summed E-state index contributed by atoms with van der Waals surface area (Å²) in [6, 6.07) is 4.95. The topological polar surface area (TPSA) is 30.5 Å². The van der Waals surface area contributed by atoms with Crippen LogP contribution in [0.25, 0.3) is 0 Å². The Hall–Kier alpha value is -1.07. The zero-order valence-electron chi connectivity index (χ0n) is 10.4. The normalized spacial score (nSPS) is 10.1. The molecule has 0 aliphatic rings. The van der Waals surface area contributed by atoms with Crippen molar-refractivity contribution in [2.24, 2.45) is 0 Å². The molecule has 0 spiro atoms. The third kappa shape index (κ3) is 5.51. The molecule has 6 heteroatoms. The quantitative estimate of drug-likeness (QED) is 0.832. The number of nitrogens with one attached hydrogen (secondary N) is 1. The first-order valence-electron chi connectivity index (χ1n) is 5.58. The second-order valence-electron chi connectivity index (χ2n) is 3.37. The predicted octanol–water partition coefficient (Wildman–Crippen LogP) is 3.22. The number of hydrogen-bond acceptors (Lipinski definition) is 3. The predicted molar refractivity (Wildman–Crippen MR) is 68.9 cm³/mol. The molecule has 0 aliphatic heterocycles. The van der Waals surface area contributed by atoms with Crippen LogP contribution in [0.15, 0.2) is 18.2 Å². The van der Waals surface area contributed by atoms with Crippen LogP contribution < -0.4 is 14.8 Å². The van der Waals surface area contributed by atoms with Crippen LogP contribution in [0, 0.1) is 0 Å². The van der Waals surface area contributed by atoms with Crippen molar-refractivity contribution in [3.8, 4) is 11.5 Å². The Kier molecular flexibility index (Phi) is 8.41. The van der Waals surface area contributed by atoms with E-state index < -0.39 is 6.61 Å². The minimum absolute atomic E-state index is 0. The largest absolute Gasteiger partial charge is 0.490 e. The lowest BCUT2D eigenvalue weighted by atomic mass is 10.2. The minimum atomic E-state index is -2.84. The SMILES string of the molecule is CCNCc1ccc(OC(F)F)c(OCC)c1.Cl. The molecule has 0 saturated carbocycles. The Morgan fingerprint density at radius 1 is 1.22 bits per heavy atom. The molecule has 0 radical (unpaired) electrons. The van der Waals surface area contributed by atoms with E-state index in [2.05, 4.69) is 10.1 Å². The number of alkyl halides is 2. The van der Waals surface area contributed by atoms with Crippen LogP contribution in [0.4, 0.5) is 8.78 Å². The van der Waals surface area contributed by atoms with E-state index in [1.807, 2.05) is 6.92 Å². The molecule has 0 aliphatic carbocycles. The molecule has 0 aromatic heterocycles. The van der Waals surface area contributed by atoms with Crippen LogP contribution in [0.3, 0.4) is 0 Å². The average Bonchev–Trinajstić information content (AvgIpc) is 2.29. The molecule has 1 rings (SSSR count). The summed E-state index contributed by atoms with van der Waals surface area (Å²) in [6.07, 6.45) is 0. The van der Waals surface area contributed by atoms with Crippen molar-refractivity contribution in [1.29, 1.82) is 0 Å². The van der Waals surface area contributed by atoms with E-state index in [-0.39, 0.29) is 18.2 Å². The van der Waals surface area contributed by atoms with E-state index in [1.165, 1.54) is 6.07 Å². The molecule has 1 aromatic rings. The van der Waals surface area contributed by atoms with Gasteiger partial charge in [-0.2, -0.15) is 8.78 Å². The molecule has 0 saturated heterocycles. The molecular weight excluding hydrogens is 264 g/mol. The van der Waals surface area contributed by atoms with Gasteiger partial charge in [-0.3, -0.25) is 0 Å². The molecule has 3 nitrogen and oxygen atoms in total. The Balaban J connectivity index is 0.00000289. The van der Waals surface area contributed by atoms with Gasteiger partial charge in [0.1, 0.15) is 0 Å². The number of halogens is 3. The summed E-state index contributed by atoms with van der Waals surface area (Å²) in [5.74, 6) is 0.422. The highest BCUT2D eigenvalue weighted by Gasteiger charge is 2.11. The molecule has 0 unspecified atom stereocenters. The van der Waals surface area contributed by atoms with Gasteiger partial charge in [0.15, 0.2) is 11.5 Å². The molecule has 1 aromatic carbocycles. The summed E-state index contributed by atoms with van der Waals surface area (Å²) in [5, 5.41) is 3.15. The van der Waals surface area contributed by atoms with Crippen LogP contribution in [0.5, 0.6) is 11.5 Å². The summed E-state index contributed by atoms with van der Waals surface area (Å²) in [6.45, 7) is 2.88.